The van der Waals surface area contributed by atoms with E-state index in [-0.39, 0.29) is 17.9 Å². The molecule has 2 amide bonds. The van der Waals surface area contributed by atoms with Crippen molar-refractivity contribution in [3.8, 4) is 5.75 Å². The molecular weight excluding hydrogens is 428 g/mol. The Labute approximate surface area is 191 Å². The number of methoxy groups -OCH3 is 1. The zero-order valence-corrected chi connectivity index (χ0v) is 19.1. The maximum Gasteiger partial charge on any atom is 0.245 e. The summed E-state index contributed by atoms with van der Waals surface area (Å²) in [5.74, 6) is 1.13. The molecule has 0 bridgehead atoms. The number of nitrogens with zero attached hydrogens (tertiary/aromatic N) is 6. The van der Waals surface area contributed by atoms with Gasteiger partial charge >= 0.3 is 0 Å². The molecule has 5 rings (SSSR count). The van der Waals surface area contributed by atoms with Gasteiger partial charge in [0.15, 0.2) is 0 Å². The third-order valence-corrected chi connectivity index (χ3v) is 7.50. The molecule has 3 fully saturated rings. The molecule has 0 N–H and O–H groups in total. The Morgan fingerprint density at radius 1 is 1.00 bits per heavy atom. The molecule has 0 radical (unpaired) electrons. The quantitative estimate of drug-likeness (QED) is 0.681. The number of hydrogen-bond donors (Lipinski definition) is 0. The van der Waals surface area contributed by atoms with Crippen molar-refractivity contribution < 1.29 is 14.3 Å². The van der Waals surface area contributed by atoms with E-state index in [0.29, 0.717) is 31.2 Å². The smallest absolute Gasteiger partial charge is 0.245 e. The summed E-state index contributed by atoms with van der Waals surface area (Å²) >= 11 is 1.42. The van der Waals surface area contributed by atoms with Crippen molar-refractivity contribution in [1.82, 2.24) is 15.1 Å². The van der Waals surface area contributed by atoms with E-state index in [4.69, 9.17) is 4.74 Å². The van der Waals surface area contributed by atoms with Crippen LogP contribution in [0.15, 0.2) is 24.3 Å². The van der Waals surface area contributed by atoms with Gasteiger partial charge in [-0.15, -0.1) is 10.2 Å². The number of carbonyl (C=O) groups is 2. The Hall–Kier alpha value is -2.88. The number of aromatic nitrogens is 2. The standard InChI is InChI=1S/C22H28N6O3S/c1-31-17-8-6-16(7-9-17)25-12-14-26(15-13-25)20(30)18-4-2-10-27(18)21-23-24-22(32-21)28-11-3-5-19(28)29/h6-9,18H,2-5,10-15H2,1H3. The Balaban J connectivity index is 1.21. The molecule has 0 spiro atoms. The molecule has 1 aromatic heterocycles. The minimum atomic E-state index is -0.197. The highest BCUT2D eigenvalue weighted by Crippen LogP contribution is 2.34. The van der Waals surface area contributed by atoms with Crippen LogP contribution in [0.1, 0.15) is 25.7 Å². The van der Waals surface area contributed by atoms with E-state index < -0.39 is 0 Å². The summed E-state index contributed by atoms with van der Waals surface area (Å²) in [6.45, 7) is 4.53. The van der Waals surface area contributed by atoms with E-state index >= 15 is 0 Å². The first kappa shape index (κ1) is 21.0. The van der Waals surface area contributed by atoms with Gasteiger partial charge in [0, 0.05) is 51.4 Å². The topological polar surface area (TPSA) is 82.1 Å². The number of piperazine rings is 1. The second-order valence-electron chi connectivity index (χ2n) is 8.38. The van der Waals surface area contributed by atoms with Crippen LogP contribution in [0.3, 0.4) is 0 Å². The van der Waals surface area contributed by atoms with Crippen LogP contribution in [0, 0.1) is 0 Å². The van der Waals surface area contributed by atoms with Crippen LogP contribution in [-0.2, 0) is 9.59 Å². The number of rotatable bonds is 5. The van der Waals surface area contributed by atoms with Crippen molar-refractivity contribution in [3.63, 3.8) is 0 Å². The molecule has 3 saturated heterocycles. The van der Waals surface area contributed by atoms with E-state index in [2.05, 4.69) is 32.1 Å². The summed E-state index contributed by atoms with van der Waals surface area (Å²) in [6.07, 6.45) is 3.22. The van der Waals surface area contributed by atoms with E-state index in [1.807, 2.05) is 17.0 Å². The highest BCUT2D eigenvalue weighted by Gasteiger charge is 2.37. The molecular formula is C22H28N6O3S. The second-order valence-corrected chi connectivity index (χ2v) is 9.31. The Kier molecular flexibility index (Phi) is 5.86. The van der Waals surface area contributed by atoms with Crippen LogP contribution in [0.5, 0.6) is 5.75 Å². The number of carbonyl (C=O) groups excluding carboxylic acids is 2. The maximum absolute atomic E-state index is 13.4. The third kappa shape index (κ3) is 3.99. The lowest BCUT2D eigenvalue weighted by atomic mass is 10.1. The van der Waals surface area contributed by atoms with Crippen molar-refractivity contribution in [2.45, 2.75) is 31.7 Å². The minimum absolute atomic E-state index is 0.108. The SMILES string of the molecule is COc1ccc(N2CCN(C(=O)C3CCCN3c3nnc(N4CCCC4=O)s3)CC2)cc1. The van der Waals surface area contributed by atoms with Crippen LogP contribution in [-0.4, -0.2) is 79.3 Å². The van der Waals surface area contributed by atoms with Gasteiger partial charge in [-0.2, -0.15) is 0 Å². The van der Waals surface area contributed by atoms with Gasteiger partial charge in [0.1, 0.15) is 11.8 Å². The predicted octanol–water partition coefficient (Wildman–Crippen LogP) is 1.99. The Morgan fingerprint density at radius 2 is 1.75 bits per heavy atom. The first-order valence-corrected chi connectivity index (χ1v) is 12.0. The minimum Gasteiger partial charge on any atom is -0.497 e. The molecule has 1 unspecified atom stereocenters. The Bertz CT molecular complexity index is 972. The fourth-order valence-electron chi connectivity index (χ4n) is 4.72. The molecule has 10 heteroatoms. The van der Waals surface area contributed by atoms with E-state index in [0.717, 1.165) is 55.5 Å². The van der Waals surface area contributed by atoms with Gasteiger partial charge in [-0.1, -0.05) is 11.3 Å². The van der Waals surface area contributed by atoms with E-state index in [9.17, 15) is 9.59 Å². The van der Waals surface area contributed by atoms with Crippen LogP contribution in [0.25, 0.3) is 0 Å². The monoisotopic (exact) mass is 456 g/mol. The van der Waals surface area contributed by atoms with Crippen molar-refractivity contribution in [2.75, 3.05) is 61.1 Å². The van der Waals surface area contributed by atoms with Crippen molar-refractivity contribution >= 4 is 39.1 Å². The highest BCUT2D eigenvalue weighted by molar-refractivity contribution is 7.19. The summed E-state index contributed by atoms with van der Waals surface area (Å²) in [4.78, 5) is 33.5. The first-order valence-electron chi connectivity index (χ1n) is 11.2. The van der Waals surface area contributed by atoms with E-state index in [1.54, 1.807) is 12.0 Å². The average molecular weight is 457 g/mol. The molecule has 1 atom stereocenters. The van der Waals surface area contributed by atoms with Gasteiger partial charge in [-0.3, -0.25) is 14.5 Å². The van der Waals surface area contributed by atoms with Crippen LogP contribution >= 0.6 is 11.3 Å². The summed E-state index contributed by atoms with van der Waals surface area (Å²) in [5, 5.41) is 9.97. The van der Waals surface area contributed by atoms with Crippen LogP contribution in [0.4, 0.5) is 16.0 Å². The Morgan fingerprint density at radius 3 is 2.44 bits per heavy atom. The summed E-state index contributed by atoms with van der Waals surface area (Å²) < 4.78 is 5.24. The molecule has 4 heterocycles. The van der Waals surface area contributed by atoms with Gasteiger partial charge < -0.3 is 19.4 Å². The van der Waals surface area contributed by atoms with Gasteiger partial charge in [0.25, 0.3) is 0 Å². The van der Waals surface area contributed by atoms with Crippen molar-refractivity contribution in [2.24, 2.45) is 0 Å². The fourth-order valence-corrected chi connectivity index (χ4v) is 5.69. The lowest BCUT2D eigenvalue weighted by Crippen LogP contribution is -2.53. The van der Waals surface area contributed by atoms with Gasteiger partial charge in [0.05, 0.1) is 7.11 Å². The lowest BCUT2D eigenvalue weighted by Gasteiger charge is -2.38. The molecule has 3 aliphatic rings. The molecule has 1 aromatic carbocycles. The van der Waals surface area contributed by atoms with Crippen LogP contribution in [0.2, 0.25) is 0 Å². The zero-order chi connectivity index (χ0) is 22.1. The largest absolute Gasteiger partial charge is 0.497 e. The molecule has 0 saturated carbocycles. The second kappa shape index (κ2) is 8.93. The maximum atomic E-state index is 13.4. The number of hydrogen-bond acceptors (Lipinski definition) is 8. The molecule has 32 heavy (non-hydrogen) atoms. The summed E-state index contributed by atoms with van der Waals surface area (Å²) in [7, 11) is 1.67. The molecule has 2 aromatic rings. The third-order valence-electron chi connectivity index (χ3n) is 6.52. The fraction of sp³-hybridized carbons (Fsp3) is 0.545. The predicted molar refractivity (Wildman–Crippen MR) is 124 cm³/mol. The summed E-state index contributed by atoms with van der Waals surface area (Å²) in [6, 6.07) is 7.86. The zero-order valence-electron chi connectivity index (χ0n) is 18.3. The molecule has 3 aliphatic heterocycles. The molecule has 0 aliphatic carbocycles. The first-order chi connectivity index (χ1) is 15.6. The number of amides is 2. The van der Waals surface area contributed by atoms with Crippen LogP contribution < -0.4 is 19.4 Å². The average Bonchev–Trinajstić information content (AvgIpc) is 3.59. The highest BCUT2D eigenvalue weighted by atomic mass is 32.1. The summed E-state index contributed by atoms with van der Waals surface area (Å²) in [5.41, 5.74) is 1.15. The normalized spacial score (nSPS) is 21.5. The van der Waals surface area contributed by atoms with Crippen molar-refractivity contribution in [1.29, 1.82) is 0 Å². The number of anilines is 3. The lowest BCUT2D eigenvalue weighted by molar-refractivity contribution is -0.132. The molecule has 9 nitrogen and oxygen atoms in total. The number of benzene rings is 1. The number of ether oxygens (including phenoxy) is 1. The van der Waals surface area contributed by atoms with E-state index in [1.165, 1.54) is 11.3 Å². The van der Waals surface area contributed by atoms with Gasteiger partial charge in [0.2, 0.25) is 22.1 Å². The van der Waals surface area contributed by atoms with Gasteiger partial charge in [-0.25, -0.2) is 0 Å². The van der Waals surface area contributed by atoms with Gasteiger partial charge in [-0.05, 0) is 43.5 Å². The molecule has 170 valence electrons. The van der Waals surface area contributed by atoms with Crippen molar-refractivity contribution in [3.05, 3.63) is 24.3 Å².